The topological polar surface area (TPSA) is 119 Å². The van der Waals surface area contributed by atoms with Crippen molar-refractivity contribution in [1.82, 2.24) is 4.90 Å². The van der Waals surface area contributed by atoms with Crippen molar-refractivity contribution in [2.75, 3.05) is 46.6 Å². The summed E-state index contributed by atoms with van der Waals surface area (Å²) in [5.74, 6) is 2.52. The molecule has 1 fully saturated rings. The van der Waals surface area contributed by atoms with Crippen molar-refractivity contribution >= 4 is 36.1 Å². The first-order valence-electron chi connectivity index (χ1n) is 32.9. The van der Waals surface area contributed by atoms with Gasteiger partial charge in [0.15, 0.2) is 0 Å². The van der Waals surface area contributed by atoms with Crippen LogP contribution in [-0.4, -0.2) is 87.1 Å². The molecule has 1 aliphatic rings. The molecular weight excluding hydrogens is 982 g/mol. The quantitative estimate of drug-likeness (QED) is 0.0275. The minimum absolute atomic E-state index is 0.0121. The number of methoxy groups -OCH3 is 1. The summed E-state index contributed by atoms with van der Waals surface area (Å²) in [5.41, 5.74) is -0.337. The van der Waals surface area contributed by atoms with Gasteiger partial charge in [0.1, 0.15) is 6.29 Å². The average molecular weight is 1120 g/mol. The number of rotatable bonds is 49. The number of unbranched alkanes of at least 4 members (excludes halogenated alkanes) is 22. The first-order valence-corrected chi connectivity index (χ1v) is 33.4. The molecule has 0 spiro atoms. The van der Waals surface area contributed by atoms with E-state index in [1.807, 2.05) is 21.0 Å². The summed E-state index contributed by atoms with van der Waals surface area (Å²) in [6.45, 7) is 29.8. The Morgan fingerprint density at radius 1 is 0.558 bits per heavy atom. The summed E-state index contributed by atoms with van der Waals surface area (Å²) in [6.07, 6.45) is 51.8. The number of halogens is 1. The van der Waals surface area contributed by atoms with Gasteiger partial charge in [-0.3, -0.25) is 14.4 Å². The highest BCUT2D eigenvalue weighted by Gasteiger charge is 2.28. The van der Waals surface area contributed by atoms with Crippen LogP contribution in [0.5, 0.6) is 0 Å². The Hall–Kier alpha value is -1.55. The van der Waals surface area contributed by atoms with Crippen LogP contribution >= 0.6 is 11.6 Å². The maximum Gasteiger partial charge on any atom is 0.311 e. The van der Waals surface area contributed by atoms with Gasteiger partial charge in [-0.25, -0.2) is 0 Å². The van der Waals surface area contributed by atoms with E-state index in [1.165, 1.54) is 212 Å². The fourth-order valence-electron chi connectivity index (χ4n) is 9.80. The molecule has 2 unspecified atom stereocenters. The number of likely N-dealkylation sites (tertiary alicyclic amines) is 1. The van der Waals surface area contributed by atoms with Gasteiger partial charge in [0.25, 0.3) is 6.47 Å². The van der Waals surface area contributed by atoms with E-state index in [0.717, 1.165) is 75.9 Å². The SMILES string of the molecule is CC.CCCC(C)C(C)CCO.CCCCCC(CCCCC)CCCOC(=O)C(C)(C)CCCCCCN1CCCC1.CCCCCCCCC(CCCCCCCC)OC.O=CCCCCCCCOC=O.O=CCl. The molecule has 1 N–H and O–H groups in total. The number of hydrogen-bond acceptors (Lipinski definition) is 9. The van der Waals surface area contributed by atoms with Crippen molar-refractivity contribution in [3.63, 3.8) is 0 Å². The third-order valence-corrected chi connectivity index (χ3v) is 15.2. The number of aldehydes is 1. The molecule has 0 aromatic carbocycles. The minimum atomic E-state index is -0.337. The Labute approximate surface area is 486 Å². The zero-order valence-corrected chi connectivity index (χ0v) is 54.5. The highest BCUT2D eigenvalue weighted by atomic mass is 35.5. The van der Waals surface area contributed by atoms with E-state index in [2.05, 4.69) is 83.6 Å². The molecule has 0 aromatic rings. The first-order chi connectivity index (χ1) is 37.4. The predicted octanol–water partition coefficient (Wildman–Crippen LogP) is 20.2. The van der Waals surface area contributed by atoms with Gasteiger partial charge in [-0.15, -0.1) is 0 Å². The molecule has 1 rings (SSSR count). The highest BCUT2D eigenvalue weighted by molar-refractivity contribution is 6.54. The molecule has 0 radical (unpaired) electrons. The number of hydrogen-bond donors (Lipinski definition) is 1. The van der Waals surface area contributed by atoms with Gasteiger partial charge >= 0.3 is 5.97 Å². The molecular formula is C67H136ClNO8. The van der Waals surface area contributed by atoms with E-state index in [9.17, 15) is 14.4 Å². The van der Waals surface area contributed by atoms with E-state index >= 15 is 0 Å². The van der Waals surface area contributed by atoms with E-state index in [4.69, 9.17) is 19.4 Å². The third kappa shape index (κ3) is 68.6. The minimum Gasteiger partial charge on any atom is -0.468 e. The van der Waals surface area contributed by atoms with Crippen LogP contribution in [0.1, 0.15) is 333 Å². The van der Waals surface area contributed by atoms with Crippen molar-refractivity contribution in [1.29, 1.82) is 0 Å². The Morgan fingerprint density at radius 3 is 1.47 bits per heavy atom. The second kappa shape index (κ2) is 72.5. The predicted molar refractivity (Wildman–Crippen MR) is 336 cm³/mol. The van der Waals surface area contributed by atoms with Crippen molar-refractivity contribution in [3.05, 3.63) is 0 Å². The van der Waals surface area contributed by atoms with Gasteiger partial charge in [0, 0.05) is 20.1 Å². The van der Waals surface area contributed by atoms with E-state index < -0.39 is 0 Å². The number of carbonyl (C=O) groups excluding carboxylic acids is 4. The molecule has 0 aliphatic carbocycles. The lowest BCUT2D eigenvalue weighted by molar-refractivity contribution is -0.154. The fourth-order valence-corrected chi connectivity index (χ4v) is 9.80. The second-order valence-corrected chi connectivity index (χ2v) is 22.9. The average Bonchev–Trinajstić information content (AvgIpc) is 3.96. The molecule has 77 heavy (non-hydrogen) atoms. The summed E-state index contributed by atoms with van der Waals surface area (Å²) >= 11 is 4.32. The molecule has 0 saturated carbocycles. The van der Waals surface area contributed by atoms with Crippen molar-refractivity contribution in [2.24, 2.45) is 23.2 Å². The lowest BCUT2D eigenvalue weighted by atomic mass is 9.87. The number of ether oxygens (including phenoxy) is 3. The Morgan fingerprint density at radius 2 is 0.987 bits per heavy atom. The van der Waals surface area contributed by atoms with Gasteiger partial charge in [0.2, 0.25) is 5.75 Å². The molecule has 1 heterocycles. The standard InChI is InChI=1S/C28H55NO2.C18H38O.C9H16O3.C9H20O.C2H6.CHClO/c1-5-7-11-18-26(19-12-8-6-2)20-17-25-31-27(30)28(3,4)21-13-9-10-14-22-29-23-15-16-24-29;1-4-6-8-10-12-14-16-18(19-3)17-15-13-11-9-7-5-2;10-7-5-3-1-2-4-6-8-12-9-11;1-4-5-8(2)9(3)6-7-10;1-2;2-1-3/h26H,5-25H2,1-4H3;18H,4-17H2,1-3H3;7,9H,1-6,8H2;8-10H,4-7H2,1-3H3;1-2H3;1H. The maximum absolute atomic E-state index is 12.6. The molecule has 0 bridgehead atoms. The monoisotopic (exact) mass is 1120 g/mol. The Bertz CT molecular complexity index is 1070. The normalized spacial score (nSPS) is 12.8. The highest BCUT2D eigenvalue weighted by Crippen LogP contribution is 2.27. The van der Waals surface area contributed by atoms with Crippen molar-refractivity contribution < 1.29 is 38.5 Å². The molecule has 10 heteroatoms. The van der Waals surface area contributed by atoms with Gasteiger partial charge in [-0.05, 0) is 133 Å². The van der Waals surface area contributed by atoms with Crippen LogP contribution in [0.2, 0.25) is 0 Å². The zero-order valence-electron chi connectivity index (χ0n) is 53.7. The molecule has 1 saturated heterocycles. The Balaban J connectivity index is -0.000000319. The number of aliphatic hydroxyl groups excluding tert-OH is 1. The number of aliphatic hydroxyl groups is 1. The first kappa shape index (κ1) is 84.3. The lowest BCUT2D eigenvalue weighted by Gasteiger charge is -2.23. The fraction of sp³-hybridized carbons (Fsp3) is 0.940. The molecule has 1 aliphatic heterocycles. The molecule has 2 atom stereocenters. The number of nitrogens with zero attached hydrogens (tertiary/aromatic N) is 1. The summed E-state index contributed by atoms with van der Waals surface area (Å²) in [7, 11) is 1.89. The second-order valence-electron chi connectivity index (χ2n) is 22.7. The van der Waals surface area contributed by atoms with Crippen LogP contribution in [-0.2, 0) is 33.4 Å². The zero-order chi connectivity index (χ0) is 58.7. The van der Waals surface area contributed by atoms with Crippen LogP contribution in [0, 0.1) is 23.2 Å². The summed E-state index contributed by atoms with van der Waals surface area (Å²) in [5, 5.41) is 8.65. The summed E-state index contributed by atoms with van der Waals surface area (Å²) in [4.78, 5) is 43.4. The van der Waals surface area contributed by atoms with E-state index in [0.29, 0.717) is 44.7 Å². The molecule has 464 valence electrons. The van der Waals surface area contributed by atoms with E-state index in [-0.39, 0.29) is 17.1 Å². The van der Waals surface area contributed by atoms with Crippen LogP contribution in [0.15, 0.2) is 0 Å². The van der Waals surface area contributed by atoms with Gasteiger partial charge < -0.3 is 29.0 Å². The third-order valence-electron chi connectivity index (χ3n) is 15.2. The van der Waals surface area contributed by atoms with Gasteiger partial charge in [-0.2, -0.15) is 0 Å². The van der Waals surface area contributed by atoms with Crippen LogP contribution < -0.4 is 0 Å². The maximum atomic E-state index is 12.6. The Kier molecular flexibility index (Phi) is 79.3. The van der Waals surface area contributed by atoms with Crippen LogP contribution in [0.3, 0.4) is 0 Å². The smallest absolute Gasteiger partial charge is 0.311 e. The van der Waals surface area contributed by atoms with Gasteiger partial charge in [-0.1, -0.05) is 242 Å². The number of carbonyl (C=O) groups is 4. The molecule has 0 amide bonds. The molecule has 0 aromatic heterocycles. The summed E-state index contributed by atoms with van der Waals surface area (Å²) < 4.78 is 15.8. The lowest BCUT2D eigenvalue weighted by Crippen LogP contribution is -2.27. The largest absolute Gasteiger partial charge is 0.468 e. The van der Waals surface area contributed by atoms with Gasteiger partial charge in [0.05, 0.1) is 24.7 Å². The van der Waals surface area contributed by atoms with Crippen molar-refractivity contribution in [2.45, 2.75) is 339 Å². The van der Waals surface area contributed by atoms with Crippen molar-refractivity contribution in [3.8, 4) is 0 Å². The van der Waals surface area contributed by atoms with Crippen LogP contribution in [0.25, 0.3) is 0 Å². The molecule has 9 nitrogen and oxygen atoms in total. The van der Waals surface area contributed by atoms with E-state index in [1.54, 1.807) is 0 Å². The van der Waals surface area contributed by atoms with Crippen LogP contribution in [0.4, 0.5) is 0 Å². The summed E-state index contributed by atoms with van der Waals surface area (Å²) in [6, 6.07) is 0. The number of esters is 1.